The van der Waals surface area contributed by atoms with Crippen LogP contribution >= 0.6 is 0 Å². The number of esters is 1. The molecule has 1 aliphatic rings. The molecule has 168 valence electrons. The summed E-state index contributed by atoms with van der Waals surface area (Å²) in [6, 6.07) is 11.3. The Morgan fingerprint density at radius 2 is 2.03 bits per heavy atom. The van der Waals surface area contributed by atoms with Crippen molar-refractivity contribution in [3.63, 3.8) is 0 Å². The number of furan rings is 1. The molecule has 0 bridgehead atoms. The van der Waals surface area contributed by atoms with Crippen molar-refractivity contribution in [3.05, 3.63) is 48.4 Å². The third kappa shape index (κ3) is 5.46. The van der Waals surface area contributed by atoms with Gasteiger partial charge in [-0.1, -0.05) is 0 Å². The lowest BCUT2D eigenvalue weighted by Gasteiger charge is -2.24. The highest BCUT2D eigenvalue weighted by Gasteiger charge is 2.37. The van der Waals surface area contributed by atoms with Gasteiger partial charge < -0.3 is 23.7 Å². The summed E-state index contributed by atoms with van der Waals surface area (Å²) in [5.74, 6) is -0.662. The number of carbonyl (C=O) groups excluding carboxylic acids is 3. The molecule has 0 radical (unpaired) electrons. The van der Waals surface area contributed by atoms with Crippen molar-refractivity contribution in [1.82, 2.24) is 4.90 Å². The van der Waals surface area contributed by atoms with Crippen molar-refractivity contribution in [1.29, 1.82) is 5.26 Å². The molecular formula is C23H25N3O6. The van der Waals surface area contributed by atoms with E-state index in [0.29, 0.717) is 37.4 Å². The second-order valence-corrected chi connectivity index (χ2v) is 7.12. The van der Waals surface area contributed by atoms with Gasteiger partial charge in [0.25, 0.3) is 11.8 Å². The van der Waals surface area contributed by atoms with Gasteiger partial charge in [0.1, 0.15) is 11.8 Å². The molecule has 32 heavy (non-hydrogen) atoms. The summed E-state index contributed by atoms with van der Waals surface area (Å²) < 4.78 is 15.8. The number of anilines is 1. The number of hydrogen-bond acceptors (Lipinski definition) is 7. The van der Waals surface area contributed by atoms with Gasteiger partial charge in [-0.25, -0.2) is 4.79 Å². The van der Waals surface area contributed by atoms with Crippen LogP contribution in [0.5, 0.6) is 5.75 Å². The van der Waals surface area contributed by atoms with Gasteiger partial charge in [0, 0.05) is 18.8 Å². The topological polar surface area (TPSA) is 113 Å². The van der Waals surface area contributed by atoms with Crippen LogP contribution < -0.4 is 9.64 Å². The Kier molecular flexibility index (Phi) is 7.86. The predicted octanol–water partition coefficient (Wildman–Crippen LogP) is 2.77. The van der Waals surface area contributed by atoms with E-state index in [9.17, 15) is 14.4 Å². The number of carbonyl (C=O) groups is 3. The molecule has 1 aliphatic heterocycles. The predicted molar refractivity (Wildman–Crippen MR) is 114 cm³/mol. The summed E-state index contributed by atoms with van der Waals surface area (Å²) in [4.78, 5) is 40.8. The Morgan fingerprint density at radius 1 is 1.25 bits per heavy atom. The number of ether oxygens (including phenoxy) is 2. The molecule has 1 fully saturated rings. The molecule has 3 rings (SSSR count). The zero-order valence-electron chi connectivity index (χ0n) is 17.9. The summed E-state index contributed by atoms with van der Waals surface area (Å²) in [6.07, 6.45) is 2.63. The van der Waals surface area contributed by atoms with Gasteiger partial charge in [0.2, 0.25) is 0 Å². The second-order valence-electron chi connectivity index (χ2n) is 7.12. The first-order chi connectivity index (χ1) is 15.5. The van der Waals surface area contributed by atoms with E-state index < -0.39 is 24.5 Å². The third-order valence-corrected chi connectivity index (χ3v) is 5.06. The normalized spacial score (nSPS) is 15.1. The molecule has 2 heterocycles. The number of benzene rings is 1. The molecule has 0 N–H and O–H groups in total. The number of hydrogen-bond donors (Lipinski definition) is 0. The number of likely N-dealkylation sites (tertiary alicyclic amines) is 1. The van der Waals surface area contributed by atoms with Crippen molar-refractivity contribution in [3.8, 4) is 11.8 Å². The zero-order chi connectivity index (χ0) is 22.9. The van der Waals surface area contributed by atoms with E-state index in [0.717, 1.165) is 0 Å². The molecule has 2 aromatic rings. The average Bonchev–Trinajstić information content (AvgIpc) is 3.51. The summed E-state index contributed by atoms with van der Waals surface area (Å²) in [7, 11) is 0. The van der Waals surface area contributed by atoms with Crippen molar-refractivity contribution < 1.29 is 28.3 Å². The van der Waals surface area contributed by atoms with E-state index in [1.807, 2.05) is 13.0 Å². The lowest BCUT2D eigenvalue weighted by molar-refractivity contribution is -0.151. The fraction of sp³-hybridized carbons (Fsp3) is 0.391. The lowest BCUT2D eigenvalue weighted by atomic mass is 10.2. The van der Waals surface area contributed by atoms with Crippen LogP contribution in [0, 0.1) is 11.3 Å². The zero-order valence-corrected chi connectivity index (χ0v) is 17.9. The number of rotatable bonds is 9. The van der Waals surface area contributed by atoms with Crippen LogP contribution in [0.15, 0.2) is 47.1 Å². The standard InChI is InChI=1S/C23H25N3O6/c1-2-30-18-10-8-17(9-11-18)25(14-5-12-24)21(27)16-32-23(29)19-6-3-13-26(19)22(28)20-7-4-15-31-20/h4,7-11,15,19H,2-3,5-6,13-14,16H2,1H3/t19-/m0/s1. The lowest BCUT2D eigenvalue weighted by Crippen LogP contribution is -2.43. The first kappa shape index (κ1) is 22.9. The van der Waals surface area contributed by atoms with Gasteiger partial charge >= 0.3 is 5.97 Å². The van der Waals surface area contributed by atoms with Crippen LogP contribution in [0.2, 0.25) is 0 Å². The van der Waals surface area contributed by atoms with Crippen molar-refractivity contribution in [2.24, 2.45) is 0 Å². The van der Waals surface area contributed by atoms with E-state index in [1.165, 1.54) is 22.1 Å². The van der Waals surface area contributed by atoms with Crippen LogP contribution in [0.3, 0.4) is 0 Å². The Balaban J connectivity index is 1.62. The van der Waals surface area contributed by atoms with Gasteiger partial charge in [-0.3, -0.25) is 9.59 Å². The third-order valence-electron chi connectivity index (χ3n) is 5.06. The first-order valence-electron chi connectivity index (χ1n) is 10.5. The molecule has 1 saturated heterocycles. The Morgan fingerprint density at radius 3 is 2.69 bits per heavy atom. The molecule has 0 aliphatic carbocycles. The fourth-order valence-electron chi connectivity index (χ4n) is 3.55. The van der Waals surface area contributed by atoms with Crippen LogP contribution in [0.4, 0.5) is 5.69 Å². The molecule has 2 amide bonds. The first-order valence-corrected chi connectivity index (χ1v) is 10.5. The smallest absolute Gasteiger partial charge is 0.329 e. The minimum absolute atomic E-state index is 0.126. The van der Waals surface area contributed by atoms with Crippen molar-refractivity contribution in [2.45, 2.75) is 32.2 Å². The maximum absolute atomic E-state index is 12.8. The maximum Gasteiger partial charge on any atom is 0.329 e. The number of nitriles is 1. The molecule has 1 aromatic heterocycles. The molecular weight excluding hydrogens is 414 g/mol. The van der Waals surface area contributed by atoms with Crippen LogP contribution in [-0.2, 0) is 14.3 Å². The highest BCUT2D eigenvalue weighted by molar-refractivity contribution is 5.97. The van der Waals surface area contributed by atoms with Gasteiger partial charge in [0.15, 0.2) is 12.4 Å². The maximum atomic E-state index is 12.8. The molecule has 1 atom stereocenters. The van der Waals surface area contributed by atoms with Crippen LogP contribution in [-0.4, -0.2) is 55.0 Å². The van der Waals surface area contributed by atoms with Crippen molar-refractivity contribution >= 4 is 23.5 Å². The molecule has 0 spiro atoms. The number of amides is 2. The SMILES string of the molecule is CCOc1ccc(N(CCC#N)C(=O)COC(=O)[C@@H]2CCCN2C(=O)c2ccco2)cc1. The Bertz CT molecular complexity index is 965. The summed E-state index contributed by atoms with van der Waals surface area (Å²) in [6.45, 7) is 2.48. The van der Waals surface area contributed by atoms with Gasteiger partial charge in [-0.15, -0.1) is 0 Å². The molecule has 0 saturated carbocycles. The minimum atomic E-state index is -0.765. The van der Waals surface area contributed by atoms with Crippen LogP contribution in [0.25, 0.3) is 0 Å². The average molecular weight is 439 g/mol. The Hall–Kier alpha value is -3.80. The van der Waals surface area contributed by atoms with Gasteiger partial charge in [-0.05, 0) is 56.2 Å². The molecule has 1 aromatic carbocycles. The highest BCUT2D eigenvalue weighted by atomic mass is 16.5. The fourth-order valence-corrected chi connectivity index (χ4v) is 3.55. The van der Waals surface area contributed by atoms with Gasteiger partial charge in [-0.2, -0.15) is 5.26 Å². The van der Waals surface area contributed by atoms with Gasteiger partial charge in [0.05, 0.1) is 25.4 Å². The second kappa shape index (κ2) is 11.0. The van der Waals surface area contributed by atoms with Crippen molar-refractivity contribution in [2.75, 3.05) is 31.2 Å². The monoisotopic (exact) mass is 439 g/mol. The quantitative estimate of drug-likeness (QED) is 0.552. The van der Waals surface area contributed by atoms with E-state index in [-0.39, 0.29) is 24.6 Å². The van der Waals surface area contributed by atoms with E-state index in [2.05, 4.69) is 0 Å². The Labute approximate surface area is 186 Å². The summed E-state index contributed by atoms with van der Waals surface area (Å²) in [5, 5.41) is 8.94. The van der Waals surface area contributed by atoms with Crippen LogP contribution in [0.1, 0.15) is 36.7 Å². The van der Waals surface area contributed by atoms with E-state index in [1.54, 1.807) is 30.3 Å². The molecule has 0 unspecified atom stereocenters. The van der Waals surface area contributed by atoms with E-state index in [4.69, 9.17) is 19.2 Å². The molecule has 9 nitrogen and oxygen atoms in total. The highest BCUT2D eigenvalue weighted by Crippen LogP contribution is 2.23. The largest absolute Gasteiger partial charge is 0.494 e. The summed E-state index contributed by atoms with van der Waals surface area (Å²) in [5.41, 5.74) is 0.570. The molecule has 9 heteroatoms. The number of nitrogens with zero attached hydrogens (tertiary/aromatic N) is 3. The summed E-state index contributed by atoms with van der Waals surface area (Å²) >= 11 is 0. The minimum Gasteiger partial charge on any atom is -0.494 e. The van der Waals surface area contributed by atoms with E-state index >= 15 is 0 Å².